The van der Waals surface area contributed by atoms with Gasteiger partial charge in [0.15, 0.2) is 11.9 Å². The lowest BCUT2D eigenvalue weighted by Crippen LogP contribution is -2.09. The Labute approximate surface area is 195 Å². The number of para-hydroxylation sites is 1. The Morgan fingerprint density at radius 3 is 2.30 bits per heavy atom. The van der Waals surface area contributed by atoms with Crippen molar-refractivity contribution in [3.8, 4) is 11.5 Å². The molecular formula is C27H22O5S. The van der Waals surface area contributed by atoms with Crippen molar-refractivity contribution < 1.29 is 24.5 Å². The summed E-state index contributed by atoms with van der Waals surface area (Å²) in [5.41, 5.74) is 3.29. The van der Waals surface area contributed by atoms with E-state index < -0.39 is 12.1 Å². The summed E-state index contributed by atoms with van der Waals surface area (Å²) in [5.74, 6) is -0.557. The van der Waals surface area contributed by atoms with Gasteiger partial charge >= 0.3 is 5.97 Å². The number of carbonyl (C=O) groups excluding carboxylic acids is 1. The molecule has 4 aromatic rings. The van der Waals surface area contributed by atoms with E-state index in [0.29, 0.717) is 17.0 Å². The Balaban J connectivity index is 1.64. The van der Waals surface area contributed by atoms with Gasteiger partial charge in [-0.2, -0.15) is 0 Å². The lowest BCUT2D eigenvalue weighted by molar-refractivity contribution is 0.0696. The molecule has 0 amide bonds. The van der Waals surface area contributed by atoms with Crippen molar-refractivity contribution in [1.82, 2.24) is 0 Å². The maximum absolute atomic E-state index is 11.9. The van der Waals surface area contributed by atoms with E-state index in [1.807, 2.05) is 60.7 Å². The van der Waals surface area contributed by atoms with Gasteiger partial charge < -0.3 is 14.9 Å². The zero-order valence-corrected chi connectivity index (χ0v) is 18.7. The molecule has 1 heterocycles. The van der Waals surface area contributed by atoms with E-state index in [0.717, 1.165) is 16.7 Å². The van der Waals surface area contributed by atoms with Gasteiger partial charge in [0.1, 0.15) is 11.5 Å². The molecule has 1 aromatic heterocycles. The Hall–Kier alpha value is -3.90. The molecule has 4 rings (SSSR count). The van der Waals surface area contributed by atoms with Gasteiger partial charge in [0.05, 0.1) is 16.0 Å². The molecule has 0 aliphatic heterocycles. The van der Waals surface area contributed by atoms with Gasteiger partial charge in [-0.3, -0.25) is 4.79 Å². The van der Waals surface area contributed by atoms with E-state index in [1.54, 1.807) is 23.6 Å². The standard InChI is InChI=1S/C27H22O5S/c1-17(28)23-16-33-26(24(23)29)25(32-22-8-3-2-4-9-22)20-12-10-18(11-13-20)14-19-6-5-7-21(15-19)27(30)31/h2-13,15-16,25,29H,14H2,1H3,(H,30,31). The predicted molar refractivity (Wildman–Crippen MR) is 128 cm³/mol. The minimum Gasteiger partial charge on any atom is -0.506 e. The Bertz CT molecular complexity index is 1280. The monoisotopic (exact) mass is 458 g/mol. The van der Waals surface area contributed by atoms with Gasteiger partial charge in [0, 0.05) is 5.38 Å². The van der Waals surface area contributed by atoms with E-state index in [2.05, 4.69) is 0 Å². The van der Waals surface area contributed by atoms with Crippen molar-refractivity contribution in [3.63, 3.8) is 0 Å². The number of carbonyl (C=O) groups is 2. The lowest BCUT2D eigenvalue weighted by Gasteiger charge is -2.19. The Morgan fingerprint density at radius 2 is 1.67 bits per heavy atom. The number of thiophene rings is 1. The van der Waals surface area contributed by atoms with Crippen molar-refractivity contribution in [2.45, 2.75) is 19.4 Å². The van der Waals surface area contributed by atoms with Gasteiger partial charge in [-0.25, -0.2) is 4.79 Å². The highest BCUT2D eigenvalue weighted by Crippen LogP contribution is 2.40. The number of ketones is 1. The van der Waals surface area contributed by atoms with Crippen molar-refractivity contribution >= 4 is 23.1 Å². The van der Waals surface area contributed by atoms with Gasteiger partial charge in [0.2, 0.25) is 0 Å². The van der Waals surface area contributed by atoms with Crippen molar-refractivity contribution in [1.29, 1.82) is 0 Å². The number of aromatic hydroxyl groups is 1. The summed E-state index contributed by atoms with van der Waals surface area (Å²) in [7, 11) is 0. The third-order valence-electron chi connectivity index (χ3n) is 5.27. The van der Waals surface area contributed by atoms with Gasteiger partial charge in [-0.05, 0) is 54.3 Å². The van der Waals surface area contributed by atoms with Crippen LogP contribution in [0.3, 0.4) is 0 Å². The minimum absolute atomic E-state index is 0.0528. The highest BCUT2D eigenvalue weighted by atomic mass is 32.1. The second-order valence-electron chi connectivity index (χ2n) is 7.65. The predicted octanol–water partition coefficient (Wildman–Crippen LogP) is 6.11. The number of carboxylic acid groups (broad SMARTS) is 1. The molecule has 5 nitrogen and oxygen atoms in total. The first-order valence-corrected chi connectivity index (χ1v) is 11.2. The van der Waals surface area contributed by atoms with Crippen LogP contribution in [0.1, 0.15) is 55.3 Å². The zero-order chi connectivity index (χ0) is 23.4. The Morgan fingerprint density at radius 1 is 0.939 bits per heavy atom. The smallest absolute Gasteiger partial charge is 0.335 e. The van der Waals surface area contributed by atoms with Gasteiger partial charge in [-0.15, -0.1) is 11.3 Å². The van der Waals surface area contributed by atoms with Crippen LogP contribution >= 0.6 is 11.3 Å². The number of rotatable bonds is 8. The highest BCUT2D eigenvalue weighted by Gasteiger charge is 2.25. The fourth-order valence-electron chi connectivity index (χ4n) is 3.57. The van der Waals surface area contributed by atoms with Crippen LogP contribution in [0.4, 0.5) is 0 Å². The van der Waals surface area contributed by atoms with Crippen molar-refractivity contribution in [3.05, 3.63) is 117 Å². The molecule has 1 unspecified atom stereocenters. The molecule has 0 bridgehead atoms. The quantitative estimate of drug-likeness (QED) is 0.311. The number of ether oxygens (including phenoxy) is 1. The van der Waals surface area contributed by atoms with Gasteiger partial charge in [0.25, 0.3) is 0 Å². The van der Waals surface area contributed by atoms with E-state index in [-0.39, 0.29) is 22.7 Å². The van der Waals surface area contributed by atoms with Crippen molar-refractivity contribution in [2.75, 3.05) is 0 Å². The maximum atomic E-state index is 11.9. The number of carboxylic acids is 1. The fraction of sp³-hybridized carbons (Fsp3) is 0.111. The van der Waals surface area contributed by atoms with Crippen LogP contribution in [0.2, 0.25) is 0 Å². The van der Waals surface area contributed by atoms with E-state index in [9.17, 15) is 19.8 Å². The Kier molecular flexibility index (Phi) is 6.56. The third kappa shape index (κ3) is 5.13. The summed E-state index contributed by atoms with van der Waals surface area (Å²) in [6.45, 7) is 1.42. The maximum Gasteiger partial charge on any atom is 0.335 e. The van der Waals surface area contributed by atoms with Crippen molar-refractivity contribution in [2.24, 2.45) is 0 Å². The van der Waals surface area contributed by atoms with Crippen LogP contribution in [0.5, 0.6) is 11.5 Å². The first-order chi connectivity index (χ1) is 15.9. The van der Waals surface area contributed by atoms with E-state index in [4.69, 9.17) is 4.74 Å². The van der Waals surface area contributed by atoms with Crippen LogP contribution in [-0.2, 0) is 6.42 Å². The normalized spacial score (nSPS) is 11.7. The molecule has 33 heavy (non-hydrogen) atoms. The molecule has 0 aliphatic rings. The summed E-state index contributed by atoms with van der Waals surface area (Å²) in [6.07, 6.45) is -0.000422. The van der Waals surface area contributed by atoms with Crippen LogP contribution in [-0.4, -0.2) is 22.0 Å². The first-order valence-electron chi connectivity index (χ1n) is 10.4. The fourth-order valence-corrected chi connectivity index (χ4v) is 4.62. The number of Topliss-reactive ketones (excluding diaryl/α,β-unsaturated/α-hetero) is 1. The molecule has 2 N–H and O–H groups in total. The minimum atomic E-state index is -0.950. The van der Waals surface area contributed by atoms with E-state index >= 15 is 0 Å². The third-order valence-corrected chi connectivity index (χ3v) is 6.29. The molecule has 6 heteroatoms. The molecule has 0 saturated carbocycles. The number of aromatic carboxylic acids is 1. The van der Waals surface area contributed by atoms with Crippen LogP contribution < -0.4 is 4.74 Å². The average Bonchev–Trinajstić information content (AvgIpc) is 3.20. The molecule has 0 saturated heterocycles. The topological polar surface area (TPSA) is 83.8 Å². The molecule has 0 radical (unpaired) electrons. The molecule has 0 fully saturated rings. The molecule has 3 aromatic carbocycles. The van der Waals surface area contributed by atoms with E-state index in [1.165, 1.54) is 18.3 Å². The second kappa shape index (κ2) is 9.71. The lowest BCUT2D eigenvalue weighted by atomic mass is 9.99. The largest absolute Gasteiger partial charge is 0.506 e. The van der Waals surface area contributed by atoms with Crippen LogP contribution in [0.25, 0.3) is 0 Å². The highest BCUT2D eigenvalue weighted by molar-refractivity contribution is 7.10. The SMILES string of the molecule is CC(=O)c1csc(C(Oc2ccccc2)c2ccc(Cc3cccc(C(=O)O)c3)cc2)c1O. The summed E-state index contributed by atoms with van der Waals surface area (Å²) in [4.78, 5) is 23.6. The molecule has 0 aliphatic carbocycles. The number of hydrogen-bond donors (Lipinski definition) is 2. The molecule has 1 atom stereocenters. The summed E-state index contributed by atoms with van der Waals surface area (Å²) in [5, 5.41) is 21.5. The number of benzene rings is 3. The summed E-state index contributed by atoms with van der Waals surface area (Å²) < 4.78 is 6.23. The summed E-state index contributed by atoms with van der Waals surface area (Å²) >= 11 is 1.29. The molecular weight excluding hydrogens is 436 g/mol. The van der Waals surface area contributed by atoms with Gasteiger partial charge in [-0.1, -0.05) is 54.6 Å². The first kappa shape index (κ1) is 22.3. The van der Waals surface area contributed by atoms with Crippen LogP contribution in [0, 0.1) is 0 Å². The number of hydrogen-bond acceptors (Lipinski definition) is 5. The zero-order valence-electron chi connectivity index (χ0n) is 17.9. The second-order valence-corrected chi connectivity index (χ2v) is 8.56. The molecule has 166 valence electrons. The molecule has 0 spiro atoms. The summed E-state index contributed by atoms with van der Waals surface area (Å²) in [6, 6.07) is 24.0. The van der Waals surface area contributed by atoms with Crippen LogP contribution in [0.15, 0.2) is 84.2 Å². The average molecular weight is 459 g/mol.